The number of benzene rings is 6. The minimum Gasteiger partial charge on any atom is -0.423 e. The summed E-state index contributed by atoms with van der Waals surface area (Å²) in [6, 6.07) is 38.6. The number of hydrogen-bond donors (Lipinski definition) is 0. The first-order valence-electron chi connectivity index (χ1n) is 16.6. The molecule has 3 aliphatic carbocycles. The van der Waals surface area contributed by atoms with E-state index in [0.29, 0.717) is 33.6 Å². The third kappa shape index (κ3) is 5.40. The molecular formula is C44H31F3O4. The number of esters is 2. The zero-order valence-corrected chi connectivity index (χ0v) is 27.8. The maximum Gasteiger partial charge on any atom is 0.416 e. The molecule has 0 aromatic heterocycles. The number of carbonyl (C=O) groups excluding carboxylic acids is 2. The summed E-state index contributed by atoms with van der Waals surface area (Å²) >= 11 is 0. The summed E-state index contributed by atoms with van der Waals surface area (Å²) in [7, 11) is 0. The molecule has 0 unspecified atom stereocenters. The molecule has 0 spiro atoms. The average molecular weight is 681 g/mol. The first-order chi connectivity index (χ1) is 24.5. The van der Waals surface area contributed by atoms with E-state index in [1.54, 1.807) is 36.4 Å². The van der Waals surface area contributed by atoms with Crippen LogP contribution in [-0.2, 0) is 18.0 Å². The molecule has 2 bridgehead atoms. The highest BCUT2D eigenvalue weighted by Crippen LogP contribution is 2.64. The molecule has 7 heteroatoms. The third-order valence-electron chi connectivity index (χ3n) is 10.1. The second-order valence-corrected chi connectivity index (χ2v) is 13.2. The lowest BCUT2D eigenvalue weighted by Crippen LogP contribution is -2.44. The Kier molecular flexibility index (Phi) is 7.67. The predicted octanol–water partition coefficient (Wildman–Crippen LogP) is 10.1. The Labute approximate surface area is 293 Å². The van der Waals surface area contributed by atoms with Crippen molar-refractivity contribution in [3.8, 4) is 11.5 Å². The monoisotopic (exact) mass is 680 g/mol. The number of rotatable bonds is 6. The summed E-state index contributed by atoms with van der Waals surface area (Å²) in [6.45, 7) is 3.86. The number of hydrogen-bond acceptors (Lipinski definition) is 4. The molecule has 3 aliphatic rings. The van der Waals surface area contributed by atoms with E-state index < -0.39 is 29.1 Å². The Bertz CT molecular complexity index is 2270. The molecular weight excluding hydrogens is 649 g/mol. The van der Waals surface area contributed by atoms with Gasteiger partial charge in [-0.3, -0.25) is 0 Å². The Morgan fingerprint density at radius 2 is 1.08 bits per heavy atom. The second-order valence-electron chi connectivity index (χ2n) is 13.2. The molecule has 6 aromatic carbocycles. The van der Waals surface area contributed by atoms with Gasteiger partial charge in [-0.25, -0.2) is 9.59 Å². The van der Waals surface area contributed by atoms with Crippen LogP contribution in [-0.4, -0.2) is 11.9 Å². The van der Waals surface area contributed by atoms with Crippen molar-refractivity contribution in [3.05, 3.63) is 200 Å². The molecule has 0 aliphatic heterocycles. The summed E-state index contributed by atoms with van der Waals surface area (Å²) in [5.41, 5.74) is 6.76. The number of alkyl halides is 3. The summed E-state index contributed by atoms with van der Waals surface area (Å²) in [6.07, 6.45) is -4.25. The fraction of sp³-hybridized carbons (Fsp3) is 0.136. The van der Waals surface area contributed by atoms with Crippen molar-refractivity contribution in [3.63, 3.8) is 0 Å². The molecule has 51 heavy (non-hydrogen) atoms. The molecule has 0 N–H and O–H groups in total. The van der Waals surface area contributed by atoms with Crippen LogP contribution in [0.15, 0.2) is 133 Å². The lowest BCUT2D eigenvalue weighted by molar-refractivity contribution is -0.137. The van der Waals surface area contributed by atoms with Crippen molar-refractivity contribution in [2.75, 3.05) is 0 Å². The fourth-order valence-electron chi connectivity index (χ4n) is 7.74. The minimum atomic E-state index is -4.49. The predicted molar refractivity (Wildman–Crippen MR) is 188 cm³/mol. The van der Waals surface area contributed by atoms with Crippen LogP contribution in [0.3, 0.4) is 0 Å². The van der Waals surface area contributed by atoms with Crippen LogP contribution in [0, 0.1) is 13.8 Å². The van der Waals surface area contributed by atoms with Gasteiger partial charge in [-0.2, -0.15) is 13.2 Å². The van der Waals surface area contributed by atoms with Crippen LogP contribution in [0.5, 0.6) is 11.5 Å². The van der Waals surface area contributed by atoms with Gasteiger partial charge >= 0.3 is 18.1 Å². The molecule has 0 radical (unpaired) electrons. The van der Waals surface area contributed by atoms with Crippen LogP contribution in [0.25, 0.3) is 0 Å². The third-order valence-corrected chi connectivity index (χ3v) is 10.1. The molecule has 0 atom stereocenters. The molecule has 252 valence electrons. The number of aryl methyl sites for hydroxylation is 2. The zero-order chi connectivity index (χ0) is 35.5. The Morgan fingerprint density at radius 3 is 1.59 bits per heavy atom. The van der Waals surface area contributed by atoms with E-state index >= 15 is 0 Å². The smallest absolute Gasteiger partial charge is 0.416 e. The van der Waals surface area contributed by atoms with Gasteiger partial charge in [0.1, 0.15) is 11.5 Å². The Balaban J connectivity index is 1.38. The summed E-state index contributed by atoms with van der Waals surface area (Å²) in [4.78, 5) is 27.4. The van der Waals surface area contributed by atoms with Gasteiger partial charge in [0.15, 0.2) is 0 Å². The minimum absolute atomic E-state index is 0.239. The van der Waals surface area contributed by atoms with Gasteiger partial charge in [0.05, 0.1) is 22.1 Å². The molecule has 0 fully saturated rings. The van der Waals surface area contributed by atoms with Crippen molar-refractivity contribution in [2.45, 2.75) is 37.8 Å². The van der Waals surface area contributed by atoms with Gasteiger partial charge in [-0.1, -0.05) is 96.1 Å². The second kappa shape index (κ2) is 12.1. The fourth-order valence-corrected chi connectivity index (χ4v) is 7.74. The highest BCUT2D eigenvalue weighted by molar-refractivity contribution is 5.93. The number of carbonyl (C=O) groups is 2. The highest BCUT2D eigenvalue weighted by atomic mass is 19.4. The quantitative estimate of drug-likeness (QED) is 0.130. The van der Waals surface area contributed by atoms with E-state index in [9.17, 15) is 22.8 Å². The molecule has 0 saturated carbocycles. The van der Waals surface area contributed by atoms with Crippen molar-refractivity contribution in [1.29, 1.82) is 0 Å². The average Bonchev–Trinajstić information content (AvgIpc) is 3.13. The van der Waals surface area contributed by atoms with Crippen LogP contribution >= 0.6 is 0 Å². The van der Waals surface area contributed by atoms with Gasteiger partial charge in [0.25, 0.3) is 0 Å². The first kappa shape index (κ1) is 32.3. The van der Waals surface area contributed by atoms with Gasteiger partial charge in [-0.05, 0) is 96.6 Å². The summed E-state index contributed by atoms with van der Waals surface area (Å²) in [5, 5.41) is 0. The lowest BCUT2D eigenvalue weighted by Gasteiger charge is -2.51. The normalized spacial score (nSPS) is 16.8. The van der Waals surface area contributed by atoms with Crippen molar-refractivity contribution in [2.24, 2.45) is 0 Å². The lowest BCUT2D eigenvalue weighted by atomic mass is 9.51. The van der Waals surface area contributed by atoms with Crippen molar-refractivity contribution in [1.82, 2.24) is 0 Å². The SMILES string of the molecule is Cc1ccc(C(=O)Oc2ccc(OC(=O)c3ccc(C)cc3)c3c2C2c4ccccc4C3(Cc3ccc(C(F)(F)F)cc3)c3ccccc32)cc1. The highest BCUT2D eigenvalue weighted by Gasteiger charge is 2.54. The molecule has 6 aromatic rings. The van der Waals surface area contributed by atoms with Crippen molar-refractivity contribution < 1.29 is 32.2 Å². The zero-order valence-electron chi connectivity index (χ0n) is 27.8. The molecule has 0 saturated heterocycles. The number of ether oxygens (including phenoxy) is 2. The van der Waals surface area contributed by atoms with E-state index in [4.69, 9.17) is 9.47 Å². The topological polar surface area (TPSA) is 52.6 Å². The summed E-state index contributed by atoms with van der Waals surface area (Å²) < 4.78 is 53.5. The standard InChI is InChI=1S/C44H31F3O4/c1-26-11-17-29(18-12-26)41(48)50-36-23-24-37(51-42(49)30-19-13-27(2)14-20-30)40-39(36)38-32-7-3-5-9-34(32)43(40,35-10-6-4-8-33(35)38)25-28-15-21-31(22-16-28)44(45,46)47/h3-24,38H,25H2,1-2H3. The molecule has 0 heterocycles. The van der Waals surface area contributed by atoms with Crippen molar-refractivity contribution >= 4 is 11.9 Å². The summed E-state index contributed by atoms with van der Waals surface area (Å²) in [5.74, 6) is -0.889. The molecule has 0 amide bonds. The maximum atomic E-state index is 13.8. The Hall–Kier alpha value is -5.95. The van der Waals surface area contributed by atoms with Gasteiger partial charge in [-0.15, -0.1) is 0 Å². The largest absolute Gasteiger partial charge is 0.423 e. The van der Waals surface area contributed by atoms with E-state index in [2.05, 4.69) is 0 Å². The van der Waals surface area contributed by atoms with Crippen LogP contribution < -0.4 is 9.47 Å². The van der Waals surface area contributed by atoms with Gasteiger partial charge in [0, 0.05) is 17.0 Å². The van der Waals surface area contributed by atoms with E-state index in [-0.39, 0.29) is 18.1 Å². The van der Waals surface area contributed by atoms with E-state index in [1.165, 1.54) is 12.1 Å². The van der Waals surface area contributed by atoms with E-state index in [0.717, 1.165) is 45.5 Å². The molecule has 9 rings (SSSR count). The molecule has 4 nitrogen and oxygen atoms in total. The van der Waals surface area contributed by atoms with Gasteiger partial charge in [0.2, 0.25) is 0 Å². The first-order valence-corrected chi connectivity index (χ1v) is 16.6. The van der Waals surface area contributed by atoms with Crippen LogP contribution in [0.4, 0.5) is 13.2 Å². The van der Waals surface area contributed by atoms with Gasteiger partial charge < -0.3 is 9.47 Å². The van der Waals surface area contributed by atoms with Crippen LogP contribution in [0.1, 0.15) is 82.3 Å². The number of halogens is 3. The Morgan fingerprint density at radius 1 is 0.608 bits per heavy atom. The maximum absolute atomic E-state index is 13.8. The van der Waals surface area contributed by atoms with E-state index in [1.807, 2.05) is 86.6 Å². The van der Waals surface area contributed by atoms with Crippen LogP contribution in [0.2, 0.25) is 0 Å².